The summed E-state index contributed by atoms with van der Waals surface area (Å²) < 4.78 is 0. The largest absolute Gasteiger partial charge is 0.504 e. The van der Waals surface area contributed by atoms with Crippen molar-refractivity contribution in [2.45, 2.75) is 52.9 Å². The second-order valence-electron chi connectivity index (χ2n) is 9.34. The quantitative estimate of drug-likeness (QED) is 0.677. The zero-order valence-electron chi connectivity index (χ0n) is 15.3. The summed E-state index contributed by atoms with van der Waals surface area (Å²) in [5, 5.41) is 10.1. The molecule has 0 aromatic heterocycles. The molecule has 0 amide bonds. The summed E-state index contributed by atoms with van der Waals surface area (Å²) in [6.45, 7) is 6.71. The maximum Gasteiger partial charge on any atom is 0.219 e. The van der Waals surface area contributed by atoms with Gasteiger partial charge in [0.05, 0.1) is 0 Å². The predicted molar refractivity (Wildman–Crippen MR) is 100 cm³/mol. The van der Waals surface area contributed by atoms with E-state index in [9.17, 15) is 14.7 Å². The molecule has 0 aromatic rings. The van der Waals surface area contributed by atoms with Gasteiger partial charge in [-0.05, 0) is 73.3 Å². The second-order valence-corrected chi connectivity index (χ2v) is 9.78. The van der Waals surface area contributed by atoms with Crippen LogP contribution in [0.2, 0.25) is 0 Å². The molecule has 136 valence electrons. The molecule has 4 rings (SSSR count). The first kappa shape index (κ1) is 17.4. The van der Waals surface area contributed by atoms with Gasteiger partial charge in [0.15, 0.2) is 10.9 Å². The molecule has 3 saturated carbocycles. The highest BCUT2D eigenvalue weighted by atomic mass is 32.1. The Morgan fingerprint density at radius 1 is 1.28 bits per heavy atom. The Bertz CT molecular complexity index is 708. The van der Waals surface area contributed by atoms with Crippen LogP contribution in [0.1, 0.15) is 52.9 Å². The highest BCUT2D eigenvalue weighted by molar-refractivity contribution is 7.96. The topological polar surface area (TPSA) is 54.4 Å². The van der Waals surface area contributed by atoms with Crippen molar-refractivity contribution in [3.8, 4) is 0 Å². The number of carbonyl (C=O) groups excluding carboxylic acids is 2. The van der Waals surface area contributed by atoms with Crippen LogP contribution in [0, 0.1) is 40.4 Å². The molecule has 1 N–H and O–H groups in total. The minimum absolute atomic E-state index is 0.0488. The Kier molecular flexibility index (Phi) is 3.81. The van der Waals surface area contributed by atoms with Gasteiger partial charge in [-0.15, -0.1) is 12.6 Å². The number of rotatable bonds is 1. The van der Waals surface area contributed by atoms with Crippen LogP contribution in [0.4, 0.5) is 0 Å². The Morgan fingerprint density at radius 3 is 2.68 bits per heavy atom. The summed E-state index contributed by atoms with van der Waals surface area (Å²) in [6, 6.07) is 0. The fraction of sp³-hybridized carbons (Fsp3) is 0.714. The van der Waals surface area contributed by atoms with E-state index in [0.717, 1.165) is 32.1 Å². The lowest BCUT2D eigenvalue weighted by Gasteiger charge is -2.56. The maximum atomic E-state index is 12.2. The van der Waals surface area contributed by atoms with Gasteiger partial charge in [-0.3, -0.25) is 9.59 Å². The summed E-state index contributed by atoms with van der Waals surface area (Å²) >= 11 is 4.23. The van der Waals surface area contributed by atoms with Crippen molar-refractivity contribution < 1.29 is 14.7 Å². The number of ketones is 1. The Balaban J connectivity index is 1.72. The van der Waals surface area contributed by atoms with Gasteiger partial charge in [0, 0.05) is 11.3 Å². The first-order valence-electron chi connectivity index (χ1n) is 9.58. The molecular formula is C21H28O3S. The number of thiol groups is 1. The van der Waals surface area contributed by atoms with Gasteiger partial charge in [-0.2, -0.15) is 0 Å². The number of allylic oxidation sites excluding steroid dienone is 3. The van der Waals surface area contributed by atoms with Crippen molar-refractivity contribution in [1.29, 1.82) is 0 Å². The minimum atomic E-state index is -0.248. The molecule has 0 heterocycles. The molecule has 0 aromatic carbocycles. The number of aliphatic hydroxyl groups is 1. The van der Waals surface area contributed by atoms with Crippen molar-refractivity contribution in [2.24, 2.45) is 40.4 Å². The van der Waals surface area contributed by atoms with Crippen molar-refractivity contribution in [2.75, 3.05) is 0 Å². The smallest absolute Gasteiger partial charge is 0.219 e. The van der Waals surface area contributed by atoms with Crippen molar-refractivity contribution in [3.63, 3.8) is 0 Å². The Morgan fingerprint density at radius 2 is 2.00 bits per heavy atom. The van der Waals surface area contributed by atoms with E-state index in [1.165, 1.54) is 5.57 Å². The van der Waals surface area contributed by atoms with E-state index in [-0.39, 0.29) is 33.4 Å². The molecule has 7 atom stereocenters. The third-order valence-corrected chi connectivity index (χ3v) is 8.53. The van der Waals surface area contributed by atoms with Crippen molar-refractivity contribution >= 4 is 23.5 Å². The molecule has 4 aliphatic rings. The van der Waals surface area contributed by atoms with E-state index in [4.69, 9.17) is 0 Å². The first-order chi connectivity index (χ1) is 11.7. The highest BCUT2D eigenvalue weighted by Gasteiger charge is 2.61. The van der Waals surface area contributed by atoms with Gasteiger partial charge in [0.25, 0.3) is 0 Å². The summed E-state index contributed by atoms with van der Waals surface area (Å²) in [5.41, 5.74) is 1.02. The third kappa shape index (κ3) is 2.25. The number of hydrogen-bond acceptors (Lipinski definition) is 3. The average molecular weight is 361 g/mol. The zero-order valence-corrected chi connectivity index (χ0v) is 16.2. The highest BCUT2D eigenvalue weighted by Crippen LogP contribution is 2.67. The average Bonchev–Trinajstić information content (AvgIpc) is 2.79. The molecule has 0 bridgehead atoms. The molecule has 25 heavy (non-hydrogen) atoms. The van der Waals surface area contributed by atoms with Crippen LogP contribution in [-0.4, -0.2) is 16.0 Å². The standard InChI is InChI=1S/C21H28O3S/c1-11-8-15-13-5-4-12-9-16(22)17(23)10-21(12,3)14(13)6-7-20(15,2)18(11)19(24)25/h9-11,13-15,18,23H,4-8H2,1-3H3,(H,24,25)/t11?,13-,14+,15+,18-,20+,21+/m1/s1. The van der Waals surface area contributed by atoms with Gasteiger partial charge in [-0.1, -0.05) is 26.3 Å². The Labute approximate surface area is 155 Å². The zero-order chi connectivity index (χ0) is 18.1. The molecule has 1 unspecified atom stereocenters. The van der Waals surface area contributed by atoms with E-state index in [1.54, 1.807) is 6.08 Å². The number of hydrogen-bond donors (Lipinski definition) is 2. The lowest BCUT2D eigenvalue weighted by atomic mass is 9.48. The monoisotopic (exact) mass is 360 g/mol. The number of fused-ring (bicyclic) bond motifs is 5. The van der Waals surface area contributed by atoms with Gasteiger partial charge < -0.3 is 5.11 Å². The molecule has 3 nitrogen and oxygen atoms in total. The molecule has 4 aliphatic carbocycles. The van der Waals surface area contributed by atoms with Crippen LogP contribution in [0.5, 0.6) is 0 Å². The fourth-order valence-electron chi connectivity index (χ4n) is 7.17. The summed E-state index contributed by atoms with van der Waals surface area (Å²) in [7, 11) is 0. The lowest BCUT2D eigenvalue weighted by molar-refractivity contribution is -0.122. The van der Waals surface area contributed by atoms with Crippen LogP contribution in [0.15, 0.2) is 23.5 Å². The van der Waals surface area contributed by atoms with Crippen LogP contribution < -0.4 is 0 Å². The van der Waals surface area contributed by atoms with Crippen LogP contribution in [-0.2, 0) is 9.59 Å². The van der Waals surface area contributed by atoms with Crippen LogP contribution in [0.25, 0.3) is 0 Å². The predicted octanol–water partition coefficient (Wildman–Crippen LogP) is 4.50. The number of aliphatic hydroxyl groups excluding tert-OH is 1. The van der Waals surface area contributed by atoms with Crippen molar-refractivity contribution in [1.82, 2.24) is 0 Å². The third-order valence-electron chi connectivity index (χ3n) is 8.25. The van der Waals surface area contributed by atoms with Crippen LogP contribution in [0.3, 0.4) is 0 Å². The molecule has 0 spiro atoms. The van der Waals surface area contributed by atoms with E-state index >= 15 is 0 Å². The van der Waals surface area contributed by atoms with Gasteiger partial charge in [-0.25, -0.2) is 0 Å². The van der Waals surface area contributed by atoms with E-state index in [0.29, 0.717) is 23.7 Å². The van der Waals surface area contributed by atoms with Crippen molar-refractivity contribution in [3.05, 3.63) is 23.5 Å². The molecule has 4 heteroatoms. The second kappa shape index (κ2) is 5.48. The van der Waals surface area contributed by atoms with Gasteiger partial charge in [0.1, 0.15) is 0 Å². The minimum Gasteiger partial charge on any atom is -0.504 e. The molecule has 3 fully saturated rings. The summed E-state index contributed by atoms with van der Waals surface area (Å²) in [4.78, 5) is 24.1. The molecule has 0 saturated heterocycles. The maximum absolute atomic E-state index is 12.2. The molecule has 0 aliphatic heterocycles. The molecule has 0 radical (unpaired) electrons. The fourth-order valence-corrected chi connectivity index (χ4v) is 7.72. The van der Waals surface area contributed by atoms with Gasteiger partial charge in [0.2, 0.25) is 5.78 Å². The van der Waals surface area contributed by atoms with Crippen LogP contribution >= 0.6 is 12.6 Å². The van der Waals surface area contributed by atoms with E-state index in [1.807, 2.05) is 6.08 Å². The SMILES string of the molecule is CC1C[C@H]2[C@@H]3CCC4=CC(=O)C(O)=C[C@]4(C)[C@H]3CC[C@]2(C)[C@H]1C(=O)S. The van der Waals surface area contributed by atoms with E-state index in [2.05, 4.69) is 33.4 Å². The lowest BCUT2D eigenvalue weighted by Crippen LogP contribution is -2.50. The normalized spacial score (nSPS) is 48.8. The first-order valence-corrected chi connectivity index (χ1v) is 10.0. The Hall–Kier alpha value is -1.03. The summed E-state index contributed by atoms with van der Waals surface area (Å²) in [6.07, 6.45) is 8.69. The van der Waals surface area contributed by atoms with E-state index < -0.39 is 0 Å². The summed E-state index contributed by atoms with van der Waals surface area (Å²) in [5.74, 6) is 1.64. The molecular weight excluding hydrogens is 332 g/mol. The number of carbonyl (C=O) groups is 2. The van der Waals surface area contributed by atoms with Gasteiger partial charge >= 0.3 is 0 Å².